The lowest BCUT2D eigenvalue weighted by Gasteiger charge is -2.27. The van der Waals surface area contributed by atoms with Crippen LogP contribution < -0.4 is 10.6 Å². The number of fused-ring (bicyclic) bond motifs is 1. The predicted octanol–water partition coefficient (Wildman–Crippen LogP) is 3.27. The van der Waals surface area contributed by atoms with Gasteiger partial charge in [0.15, 0.2) is 0 Å². The zero-order chi connectivity index (χ0) is 21.3. The highest BCUT2D eigenvalue weighted by molar-refractivity contribution is 7.18. The number of benzene rings is 1. The third-order valence-corrected chi connectivity index (χ3v) is 7.17. The Labute approximate surface area is 185 Å². The minimum Gasteiger partial charge on any atom is -0.378 e. The summed E-state index contributed by atoms with van der Waals surface area (Å²) in [6, 6.07) is 7.43. The maximum atomic E-state index is 13.3. The predicted molar refractivity (Wildman–Crippen MR) is 120 cm³/mol. The van der Waals surface area contributed by atoms with Gasteiger partial charge in [-0.1, -0.05) is 11.6 Å². The molecule has 1 aromatic heterocycles. The lowest BCUT2D eigenvalue weighted by Crippen LogP contribution is -2.57. The fourth-order valence-electron chi connectivity index (χ4n) is 4.13. The van der Waals surface area contributed by atoms with Crippen molar-refractivity contribution in [2.24, 2.45) is 0 Å². The first-order chi connectivity index (χ1) is 14.4. The zero-order valence-electron chi connectivity index (χ0n) is 17.2. The third-order valence-electron chi connectivity index (χ3n) is 5.94. The molecule has 0 bridgehead atoms. The number of hydrogen-bond donors (Lipinski definition) is 2. The Hall–Kier alpha value is -1.93. The maximum absolute atomic E-state index is 13.3. The van der Waals surface area contributed by atoms with Gasteiger partial charge in [-0.15, -0.1) is 11.3 Å². The van der Waals surface area contributed by atoms with Gasteiger partial charge in [-0.3, -0.25) is 9.59 Å². The normalized spacial score (nSPS) is 21.7. The number of amides is 2. The Bertz CT molecular complexity index is 969. The van der Waals surface area contributed by atoms with Crippen LogP contribution >= 0.6 is 22.9 Å². The van der Waals surface area contributed by atoms with Gasteiger partial charge in [0.1, 0.15) is 5.54 Å². The molecule has 2 aromatic rings. The van der Waals surface area contributed by atoms with Crippen LogP contribution in [0.2, 0.25) is 4.34 Å². The van der Waals surface area contributed by atoms with E-state index in [4.69, 9.17) is 16.3 Å². The number of nitrogens with one attached hydrogen (secondary N) is 2. The van der Waals surface area contributed by atoms with Crippen LogP contribution in [0.4, 0.5) is 5.69 Å². The second-order valence-corrected chi connectivity index (χ2v) is 9.85. The van der Waals surface area contributed by atoms with E-state index in [-0.39, 0.29) is 18.4 Å². The van der Waals surface area contributed by atoms with Crippen molar-refractivity contribution >= 4 is 40.4 Å². The molecule has 0 aliphatic carbocycles. The molecule has 160 valence electrons. The van der Waals surface area contributed by atoms with Crippen LogP contribution in [0.1, 0.15) is 32.8 Å². The number of likely N-dealkylation sites (N-methyl/N-ethyl adjacent to an activating group) is 1. The molecule has 0 radical (unpaired) electrons. The van der Waals surface area contributed by atoms with Crippen LogP contribution in [-0.4, -0.2) is 55.6 Å². The summed E-state index contributed by atoms with van der Waals surface area (Å²) in [7, 11) is 2.14. The first kappa shape index (κ1) is 21.3. The molecule has 2 aliphatic rings. The van der Waals surface area contributed by atoms with Crippen molar-refractivity contribution in [2.45, 2.75) is 31.7 Å². The molecule has 0 spiro atoms. The van der Waals surface area contributed by atoms with E-state index in [2.05, 4.69) is 35.6 Å². The molecular weight excluding hydrogens is 422 g/mol. The molecule has 0 saturated carbocycles. The topological polar surface area (TPSA) is 70.7 Å². The molecule has 6 nitrogen and oxygen atoms in total. The standard InChI is InChI=1S/C22H26ClN3O3S/c1-14-11-16(12-15-5-8-26(2)9-6-17(14)15)24-21(28)22(7-10-29-13-22)25-20(27)18-3-4-19(23)30-18/h3-4,11-12H,5-10,13H2,1-2H3,(H,24,28)(H,25,27)/t22-/m0/s1. The second kappa shape index (κ2) is 8.67. The molecule has 1 atom stereocenters. The largest absolute Gasteiger partial charge is 0.378 e. The monoisotopic (exact) mass is 447 g/mol. The van der Waals surface area contributed by atoms with Crippen molar-refractivity contribution in [3.05, 3.63) is 50.2 Å². The molecule has 8 heteroatoms. The van der Waals surface area contributed by atoms with E-state index >= 15 is 0 Å². The molecule has 3 heterocycles. The summed E-state index contributed by atoms with van der Waals surface area (Å²) in [5, 5.41) is 5.94. The van der Waals surface area contributed by atoms with E-state index in [1.807, 2.05) is 6.07 Å². The van der Waals surface area contributed by atoms with Crippen molar-refractivity contribution in [1.82, 2.24) is 10.2 Å². The van der Waals surface area contributed by atoms with Gasteiger partial charge in [0.05, 0.1) is 15.8 Å². The summed E-state index contributed by atoms with van der Waals surface area (Å²) < 4.78 is 6.03. The van der Waals surface area contributed by atoms with Crippen LogP contribution in [0.5, 0.6) is 0 Å². The van der Waals surface area contributed by atoms with E-state index in [9.17, 15) is 9.59 Å². The Morgan fingerprint density at radius 2 is 2.03 bits per heavy atom. The highest BCUT2D eigenvalue weighted by Gasteiger charge is 2.44. The zero-order valence-corrected chi connectivity index (χ0v) is 18.8. The van der Waals surface area contributed by atoms with Gasteiger partial charge in [-0.2, -0.15) is 0 Å². The van der Waals surface area contributed by atoms with Gasteiger partial charge in [0.2, 0.25) is 0 Å². The Balaban J connectivity index is 1.54. The number of rotatable bonds is 4. The quantitative estimate of drug-likeness (QED) is 0.754. The van der Waals surface area contributed by atoms with Gasteiger partial charge in [-0.05, 0) is 67.8 Å². The number of carbonyl (C=O) groups is 2. The van der Waals surface area contributed by atoms with Gasteiger partial charge in [0, 0.05) is 31.8 Å². The molecule has 1 saturated heterocycles. The molecule has 2 N–H and O–H groups in total. The fourth-order valence-corrected chi connectivity index (χ4v) is 5.07. The van der Waals surface area contributed by atoms with E-state index in [1.54, 1.807) is 12.1 Å². The number of aryl methyl sites for hydroxylation is 1. The maximum Gasteiger partial charge on any atom is 0.262 e. The number of hydrogen-bond acceptors (Lipinski definition) is 5. The lowest BCUT2D eigenvalue weighted by molar-refractivity contribution is -0.122. The first-order valence-electron chi connectivity index (χ1n) is 10.1. The number of nitrogens with zero attached hydrogens (tertiary/aromatic N) is 1. The number of anilines is 1. The second-order valence-electron chi connectivity index (χ2n) is 8.13. The molecule has 2 amide bonds. The molecule has 4 rings (SSSR count). The van der Waals surface area contributed by atoms with Gasteiger partial charge >= 0.3 is 0 Å². The van der Waals surface area contributed by atoms with Crippen LogP contribution in [0.15, 0.2) is 24.3 Å². The summed E-state index contributed by atoms with van der Waals surface area (Å²) in [4.78, 5) is 28.8. The van der Waals surface area contributed by atoms with E-state index in [1.165, 1.54) is 28.0 Å². The van der Waals surface area contributed by atoms with Crippen molar-refractivity contribution in [1.29, 1.82) is 0 Å². The fraction of sp³-hybridized carbons (Fsp3) is 0.455. The van der Waals surface area contributed by atoms with Crippen molar-refractivity contribution in [3.8, 4) is 0 Å². The van der Waals surface area contributed by atoms with Gasteiger partial charge < -0.3 is 20.3 Å². The van der Waals surface area contributed by atoms with E-state index in [0.29, 0.717) is 22.2 Å². The first-order valence-corrected chi connectivity index (χ1v) is 11.3. The molecule has 30 heavy (non-hydrogen) atoms. The summed E-state index contributed by atoms with van der Waals surface area (Å²) in [5.41, 5.74) is 3.52. The average molecular weight is 448 g/mol. The Morgan fingerprint density at radius 3 is 2.73 bits per heavy atom. The highest BCUT2D eigenvalue weighted by atomic mass is 35.5. The van der Waals surface area contributed by atoms with Crippen LogP contribution in [0, 0.1) is 6.92 Å². The number of halogens is 1. The van der Waals surface area contributed by atoms with E-state index in [0.717, 1.165) is 31.6 Å². The Kier molecular flexibility index (Phi) is 6.16. The van der Waals surface area contributed by atoms with Gasteiger partial charge in [0.25, 0.3) is 11.8 Å². The molecule has 1 aromatic carbocycles. The molecule has 2 aliphatic heterocycles. The minimum absolute atomic E-state index is 0.151. The molecule has 1 fully saturated rings. The Morgan fingerprint density at radius 1 is 1.23 bits per heavy atom. The van der Waals surface area contributed by atoms with Crippen LogP contribution in [0.3, 0.4) is 0 Å². The SMILES string of the molecule is Cc1cc(NC(=O)[C@]2(NC(=O)c3ccc(Cl)s3)CCOC2)cc2c1CCN(C)CC2. The average Bonchev–Trinajstić information content (AvgIpc) is 3.31. The number of thiophene rings is 1. The minimum atomic E-state index is -1.09. The third kappa shape index (κ3) is 4.39. The van der Waals surface area contributed by atoms with Crippen LogP contribution in [-0.2, 0) is 22.4 Å². The lowest BCUT2D eigenvalue weighted by atomic mass is 9.95. The van der Waals surface area contributed by atoms with Crippen molar-refractivity contribution < 1.29 is 14.3 Å². The van der Waals surface area contributed by atoms with Crippen molar-refractivity contribution in [2.75, 3.05) is 38.7 Å². The summed E-state index contributed by atoms with van der Waals surface area (Å²) >= 11 is 7.14. The number of carbonyl (C=O) groups excluding carboxylic acids is 2. The summed E-state index contributed by atoms with van der Waals surface area (Å²) in [5.74, 6) is -0.560. The molecule has 0 unspecified atom stereocenters. The smallest absolute Gasteiger partial charge is 0.262 e. The van der Waals surface area contributed by atoms with E-state index < -0.39 is 5.54 Å². The van der Waals surface area contributed by atoms with Gasteiger partial charge in [-0.25, -0.2) is 0 Å². The van der Waals surface area contributed by atoms with Crippen molar-refractivity contribution in [3.63, 3.8) is 0 Å². The highest BCUT2D eigenvalue weighted by Crippen LogP contribution is 2.28. The summed E-state index contributed by atoms with van der Waals surface area (Å²) in [6.45, 7) is 4.71. The number of ether oxygens (including phenoxy) is 1. The summed E-state index contributed by atoms with van der Waals surface area (Å²) in [6.07, 6.45) is 2.40. The van der Waals surface area contributed by atoms with Crippen LogP contribution in [0.25, 0.3) is 0 Å². The molecular formula is C22H26ClN3O3S.